The van der Waals surface area contributed by atoms with Gasteiger partial charge in [-0.3, -0.25) is 4.79 Å². The molecule has 0 atom stereocenters. The molecule has 27 heavy (non-hydrogen) atoms. The number of benzene rings is 2. The first-order valence-corrected chi connectivity index (χ1v) is 9.07. The van der Waals surface area contributed by atoms with Crippen molar-refractivity contribution in [3.8, 4) is 0 Å². The minimum atomic E-state index is 0.0320. The van der Waals surface area contributed by atoms with Crippen LogP contribution in [0.15, 0.2) is 60.7 Å². The quantitative estimate of drug-likeness (QED) is 0.616. The molecule has 3 aromatic rings. The number of carbonyl (C=O) groups excluding carboxylic acids is 1. The van der Waals surface area contributed by atoms with Gasteiger partial charge >= 0.3 is 0 Å². The zero-order valence-electron chi connectivity index (χ0n) is 15.9. The van der Waals surface area contributed by atoms with Gasteiger partial charge in [-0.25, -0.2) is 4.98 Å². The van der Waals surface area contributed by atoms with Gasteiger partial charge in [0, 0.05) is 36.1 Å². The lowest BCUT2D eigenvalue weighted by molar-refractivity contribution is 0.101. The number of nitrogens with one attached hydrogen (secondary N) is 1. The normalized spacial score (nSPS) is 10.5. The number of anilines is 3. The number of hydrogen-bond acceptors (Lipinski definition) is 5. The van der Waals surface area contributed by atoms with E-state index in [9.17, 15) is 4.79 Å². The average Bonchev–Trinajstić information content (AvgIpc) is 2.66. The summed E-state index contributed by atoms with van der Waals surface area (Å²) in [7, 11) is 0. The lowest BCUT2D eigenvalue weighted by Crippen LogP contribution is -2.23. The van der Waals surface area contributed by atoms with Crippen LogP contribution in [0.2, 0.25) is 0 Å². The largest absolute Gasteiger partial charge is 0.352 e. The lowest BCUT2D eigenvalue weighted by Gasteiger charge is -2.23. The third kappa shape index (κ3) is 4.91. The summed E-state index contributed by atoms with van der Waals surface area (Å²) in [6.45, 7) is 7.25. The highest BCUT2D eigenvalue weighted by Crippen LogP contribution is 2.21. The summed E-state index contributed by atoms with van der Waals surface area (Å²) in [5.74, 6) is 1.43. The fourth-order valence-corrected chi connectivity index (χ4v) is 2.87. The van der Waals surface area contributed by atoms with Crippen molar-refractivity contribution in [3.63, 3.8) is 0 Å². The van der Waals surface area contributed by atoms with Gasteiger partial charge in [0.2, 0.25) is 5.95 Å². The van der Waals surface area contributed by atoms with Crippen molar-refractivity contribution < 1.29 is 4.79 Å². The van der Waals surface area contributed by atoms with E-state index in [1.54, 1.807) is 13.0 Å². The van der Waals surface area contributed by atoms with Crippen LogP contribution in [0.1, 0.15) is 35.5 Å². The highest BCUT2D eigenvalue weighted by Gasteiger charge is 2.11. The van der Waals surface area contributed by atoms with Crippen LogP contribution < -0.4 is 10.2 Å². The molecule has 138 valence electrons. The monoisotopic (exact) mass is 360 g/mol. The second-order valence-corrected chi connectivity index (χ2v) is 6.45. The van der Waals surface area contributed by atoms with Crippen molar-refractivity contribution in [1.29, 1.82) is 0 Å². The van der Waals surface area contributed by atoms with Crippen LogP contribution in [0.4, 0.5) is 17.5 Å². The van der Waals surface area contributed by atoms with E-state index in [0.717, 1.165) is 30.3 Å². The summed E-state index contributed by atoms with van der Waals surface area (Å²) in [6.07, 6.45) is 0. The lowest BCUT2D eigenvalue weighted by atomic mass is 10.1. The topological polar surface area (TPSA) is 58.1 Å². The predicted octanol–water partition coefficient (Wildman–Crippen LogP) is 4.76. The van der Waals surface area contributed by atoms with Crippen LogP contribution in [0, 0.1) is 6.92 Å². The van der Waals surface area contributed by atoms with E-state index >= 15 is 0 Å². The van der Waals surface area contributed by atoms with Crippen molar-refractivity contribution >= 4 is 23.2 Å². The Labute approximate surface area is 160 Å². The van der Waals surface area contributed by atoms with Crippen molar-refractivity contribution in [1.82, 2.24) is 9.97 Å². The van der Waals surface area contributed by atoms with Crippen LogP contribution in [-0.2, 0) is 6.54 Å². The summed E-state index contributed by atoms with van der Waals surface area (Å²) in [5.41, 5.74) is 3.58. The van der Waals surface area contributed by atoms with Gasteiger partial charge in [0.15, 0.2) is 5.78 Å². The summed E-state index contributed by atoms with van der Waals surface area (Å²) in [6, 6.07) is 19.7. The molecule has 0 amide bonds. The molecule has 5 nitrogen and oxygen atoms in total. The van der Waals surface area contributed by atoms with Gasteiger partial charge in [-0.2, -0.15) is 4.98 Å². The van der Waals surface area contributed by atoms with E-state index in [1.807, 2.05) is 49.4 Å². The molecule has 1 heterocycles. The number of rotatable bonds is 7. The Bertz CT molecular complexity index is 925. The second kappa shape index (κ2) is 8.45. The molecular weight excluding hydrogens is 336 g/mol. The fraction of sp³-hybridized carbons (Fsp3) is 0.227. The minimum Gasteiger partial charge on any atom is -0.352 e. The van der Waals surface area contributed by atoms with E-state index in [4.69, 9.17) is 0 Å². The molecule has 2 aromatic carbocycles. The molecule has 0 fully saturated rings. The first-order valence-electron chi connectivity index (χ1n) is 9.07. The summed E-state index contributed by atoms with van der Waals surface area (Å²) < 4.78 is 0. The first kappa shape index (κ1) is 18.6. The van der Waals surface area contributed by atoms with Gasteiger partial charge in [-0.05, 0) is 38.5 Å². The van der Waals surface area contributed by atoms with Crippen molar-refractivity contribution in [2.24, 2.45) is 0 Å². The van der Waals surface area contributed by atoms with Gasteiger partial charge in [-0.15, -0.1) is 0 Å². The van der Waals surface area contributed by atoms with Crippen LogP contribution in [-0.4, -0.2) is 22.3 Å². The third-order valence-corrected chi connectivity index (χ3v) is 4.29. The Morgan fingerprint density at radius 3 is 2.52 bits per heavy atom. The Morgan fingerprint density at radius 2 is 1.81 bits per heavy atom. The van der Waals surface area contributed by atoms with Gasteiger partial charge in [0.1, 0.15) is 5.82 Å². The maximum absolute atomic E-state index is 11.6. The Hall–Kier alpha value is -3.21. The molecule has 3 rings (SSSR count). The molecule has 0 radical (unpaired) electrons. The molecule has 0 spiro atoms. The van der Waals surface area contributed by atoms with Crippen molar-refractivity contribution in [2.45, 2.75) is 27.3 Å². The molecule has 0 aliphatic heterocycles. The number of Topliss-reactive ketones (excluding diaryl/α,β-unsaturated/α-hetero) is 1. The number of nitrogens with zero attached hydrogens (tertiary/aromatic N) is 3. The molecule has 0 aliphatic carbocycles. The summed E-state index contributed by atoms with van der Waals surface area (Å²) in [5, 5.41) is 3.22. The zero-order valence-corrected chi connectivity index (χ0v) is 15.9. The van der Waals surface area contributed by atoms with Gasteiger partial charge in [-0.1, -0.05) is 42.5 Å². The number of carbonyl (C=O) groups is 1. The van der Waals surface area contributed by atoms with E-state index in [1.165, 1.54) is 5.56 Å². The average molecular weight is 360 g/mol. The SMILES string of the molecule is CCN(Cc1ccccc1)c1cc(C)nc(Nc2cccc(C(C)=O)c2)n1. The number of ketones is 1. The predicted molar refractivity (Wildman–Crippen MR) is 110 cm³/mol. The highest BCUT2D eigenvalue weighted by atomic mass is 16.1. The second-order valence-electron chi connectivity index (χ2n) is 6.45. The van der Waals surface area contributed by atoms with E-state index in [0.29, 0.717) is 11.5 Å². The van der Waals surface area contributed by atoms with Gasteiger partial charge in [0.05, 0.1) is 0 Å². The Kier molecular flexibility index (Phi) is 5.81. The maximum atomic E-state index is 11.6. The minimum absolute atomic E-state index is 0.0320. The smallest absolute Gasteiger partial charge is 0.229 e. The molecule has 0 saturated heterocycles. The molecule has 1 aromatic heterocycles. The summed E-state index contributed by atoms with van der Waals surface area (Å²) >= 11 is 0. The van der Waals surface area contributed by atoms with Crippen LogP contribution in [0.25, 0.3) is 0 Å². The van der Waals surface area contributed by atoms with Crippen molar-refractivity contribution in [2.75, 3.05) is 16.8 Å². The maximum Gasteiger partial charge on any atom is 0.229 e. The van der Waals surface area contributed by atoms with E-state index in [2.05, 4.69) is 39.2 Å². The van der Waals surface area contributed by atoms with E-state index < -0.39 is 0 Å². The fourth-order valence-electron chi connectivity index (χ4n) is 2.87. The van der Waals surface area contributed by atoms with E-state index in [-0.39, 0.29) is 5.78 Å². The van der Waals surface area contributed by atoms with Crippen LogP contribution in [0.3, 0.4) is 0 Å². The van der Waals surface area contributed by atoms with Gasteiger partial charge < -0.3 is 10.2 Å². The first-order chi connectivity index (χ1) is 13.0. The van der Waals surface area contributed by atoms with Crippen molar-refractivity contribution in [3.05, 3.63) is 77.5 Å². The highest BCUT2D eigenvalue weighted by molar-refractivity contribution is 5.95. The molecule has 5 heteroatoms. The Morgan fingerprint density at radius 1 is 1.04 bits per heavy atom. The number of aryl methyl sites for hydroxylation is 1. The molecule has 0 bridgehead atoms. The van der Waals surface area contributed by atoms with Crippen LogP contribution in [0.5, 0.6) is 0 Å². The standard InChI is InChI=1S/C22H24N4O/c1-4-26(15-18-9-6-5-7-10-18)21-13-16(2)23-22(25-21)24-20-12-8-11-19(14-20)17(3)27/h5-14H,4,15H2,1-3H3,(H,23,24,25). The number of hydrogen-bond donors (Lipinski definition) is 1. The molecule has 0 saturated carbocycles. The molecular formula is C22H24N4O. The molecule has 0 aliphatic rings. The molecule has 1 N–H and O–H groups in total. The van der Waals surface area contributed by atoms with Crippen LogP contribution >= 0.6 is 0 Å². The molecule has 0 unspecified atom stereocenters. The van der Waals surface area contributed by atoms with Gasteiger partial charge in [0.25, 0.3) is 0 Å². The summed E-state index contributed by atoms with van der Waals surface area (Å²) in [4.78, 5) is 23.0. The third-order valence-electron chi connectivity index (χ3n) is 4.29. The number of aromatic nitrogens is 2. The Balaban J connectivity index is 1.85. The zero-order chi connectivity index (χ0) is 19.2.